The number of carbonyl (C=O) groups excluding carboxylic acids is 1. The number of hydrogen-bond donors (Lipinski definition) is 3. The molecule has 1 aliphatic heterocycles. The number of pyridine rings is 1. The van der Waals surface area contributed by atoms with E-state index in [1.54, 1.807) is 7.11 Å². The number of carbonyl (C=O) groups is 2. The van der Waals surface area contributed by atoms with Gasteiger partial charge < -0.3 is 25.2 Å². The number of nitrogens with one attached hydrogen (secondary N) is 1. The first-order valence-electron chi connectivity index (χ1n) is 12.2. The van der Waals surface area contributed by atoms with Crippen molar-refractivity contribution in [3.8, 4) is 5.75 Å². The normalized spacial score (nSPS) is 16.6. The topological polar surface area (TPSA) is 115 Å². The van der Waals surface area contributed by atoms with Gasteiger partial charge in [0.2, 0.25) is 5.91 Å². The lowest BCUT2D eigenvalue weighted by Gasteiger charge is -2.40. The molecule has 9 nitrogen and oxygen atoms in total. The number of methoxy groups -OCH3 is 1. The van der Waals surface area contributed by atoms with Crippen LogP contribution in [0.5, 0.6) is 5.75 Å². The third-order valence-corrected chi connectivity index (χ3v) is 6.63. The summed E-state index contributed by atoms with van der Waals surface area (Å²) in [7, 11) is 1.68. The molecule has 0 bridgehead atoms. The van der Waals surface area contributed by atoms with Crippen LogP contribution in [0.4, 0.5) is 10.5 Å². The highest BCUT2D eigenvalue weighted by atomic mass is 35.5. The number of halogens is 2. The number of benzene rings is 1. The molecule has 0 spiro atoms. The van der Waals surface area contributed by atoms with Crippen molar-refractivity contribution in [2.75, 3.05) is 38.2 Å². The number of nitrogens with zero attached hydrogens (tertiary/aromatic N) is 3. The van der Waals surface area contributed by atoms with Crippen molar-refractivity contribution in [1.29, 1.82) is 0 Å². The summed E-state index contributed by atoms with van der Waals surface area (Å²) in [5, 5.41) is 17.3. The first-order valence-corrected chi connectivity index (χ1v) is 12.2. The van der Waals surface area contributed by atoms with E-state index in [0.717, 1.165) is 51.2 Å². The van der Waals surface area contributed by atoms with E-state index >= 15 is 0 Å². The molecule has 4 rings (SSSR count). The predicted octanol–water partition coefficient (Wildman–Crippen LogP) is 4.34. The smallest absolute Gasteiger partial charge is 0.497 e. The van der Waals surface area contributed by atoms with Crippen molar-refractivity contribution in [3.63, 3.8) is 0 Å². The van der Waals surface area contributed by atoms with Gasteiger partial charge in [0.05, 0.1) is 13.2 Å². The molecule has 1 amide bonds. The molecule has 37 heavy (non-hydrogen) atoms. The molecule has 2 aromatic rings. The van der Waals surface area contributed by atoms with Crippen LogP contribution in [-0.2, 0) is 11.2 Å². The Balaban J connectivity index is 0.00000107. The van der Waals surface area contributed by atoms with Gasteiger partial charge >= 0.3 is 6.16 Å². The Bertz CT molecular complexity index is 918. The Morgan fingerprint density at radius 2 is 1.54 bits per heavy atom. The van der Waals surface area contributed by atoms with Crippen molar-refractivity contribution in [3.05, 3.63) is 54.4 Å². The number of rotatable bonds is 7. The van der Waals surface area contributed by atoms with Gasteiger partial charge in [-0.2, -0.15) is 0 Å². The van der Waals surface area contributed by atoms with E-state index < -0.39 is 6.16 Å². The van der Waals surface area contributed by atoms with Crippen LogP contribution in [0.25, 0.3) is 0 Å². The van der Waals surface area contributed by atoms with Crippen LogP contribution in [0.3, 0.4) is 0 Å². The Morgan fingerprint density at radius 1 is 0.973 bits per heavy atom. The maximum absolute atomic E-state index is 13.4. The third kappa shape index (κ3) is 10.6. The molecule has 1 saturated carbocycles. The molecule has 3 N–H and O–H groups in total. The summed E-state index contributed by atoms with van der Waals surface area (Å²) >= 11 is 0. The molecule has 2 fully saturated rings. The zero-order valence-electron chi connectivity index (χ0n) is 21.1. The Hall–Kier alpha value is -2.75. The predicted molar refractivity (Wildman–Crippen MR) is 149 cm³/mol. The number of amides is 1. The van der Waals surface area contributed by atoms with Gasteiger partial charge in [0.1, 0.15) is 5.75 Å². The molecule has 2 aliphatic rings. The van der Waals surface area contributed by atoms with Crippen LogP contribution in [0.1, 0.15) is 37.7 Å². The second kappa shape index (κ2) is 16.9. The van der Waals surface area contributed by atoms with Gasteiger partial charge in [0.25, 0.3) is 0 Å². The molecular weight excluding hydrogens is 519 g/mol. The SMILES string of the molecule is COc1ccc(C[C@@H](C(=O)NC2CCCCC2)N2CCN(c3ccncc3)CC2)cc1.Cl.Cl.O=C(O)O. The lowest BCUT2D eigenvalue weighted by atomic mass is 9.94. The average Bonchev–Trinajstić information content (AvgIpc) is 2.88. The number of aromatic nitrogens is 1. The molecule has 1 aliphatic carbocycles. The fourth-order valence-electron chi connectivity index (χ4n) is 4.76. The summed E-state index contributed by atoms with van der Waals surface area (Å²) in [5.41, 5.74) is 2.37. The average molecular weight is 558 g/mol. The number of carboxylic acid groups (broad SMARTS) is 2. The van der Waals surface area contributed by atoms with Gasteiger partial charge in [-0.15, -0.1) is 24.8 Å². The van der Waals surface area contributed by atoms with Crippen LogP contribution in [-0.4, -0.2) is 77.5 Å². The summed E-state index contributed by atoms with van der Waals surface area (Å²) in [4.78, 5) is 30.8. The monoisotopic (exact) mass is 556 g/mol. The maximum Gasteiger partial charge on any atom is 0.503 e. The first-order chi connectivity index (χ1) is 17.0. The Kier molecular flexibility index (Phi) is 14.7. The highest BCUT2D eigenvalue weighted by molar-refractivity contribution is 5.85. The number of ether oxygens (including phenoxy) is 1. The lowest BCUT2D eigenvalue weighted by Crippen LogP contribution is -2.57. The molecule has 0 unspecified atom stereocenters. The van der Waals surface area contributed by atoms with Crippen LogP contribution in [0.15, 0.2) is 48.8 Å². The van der Waals surface area contributed by atoms with Crippen LogP contribution in [0, 0.1) is 0 Å². The molecule has 2 heterocycles. The van der Waals surface area contributed by atoms with E-state index in [1.165, 1.54) is 30.5 Å². The zero-order chi connectivity index (χ0) is 25.0. The molecule has 1 aromatic carbocycles. The van der Waals surface area contributed by atoms with Gasteiger partial charge in [-0.05, 0) is 49.1 Å². The zero-order valence-corrected chi connectivity index (χ0v) is 22.8. The minimum absolute atomic E-state index is 0. The second-order valence-electron chi connectivity index (χ2n) is 8.92. The summed E-state index contributed by atoms with van der Waals surface area (Å²) < 4.78 is 5.29. The van der Waals surface area contributed by atoms with E-state index in [4.69, 9.17) is 19.7 Å². The largest absolute Gasteiger partial charge is 0.503 e. The van der Waals surface area contributed by atoms with Crippen molar-refractivity contribution in [2.45, 2.75) is 50.6 Å². The van der Waals surface area contributed by atoms with Gasteiger partial charge in [-0.1, -0.05) is 31.4 Å². The second-order valence-corrected chi connectivity index (χ2v) is 8.92. The minimum Gasteiger partial charge on any atom is -0.497 e. The Morgan fingerprint density at radius 3 is 2.08 bits per heavy atom. The van der Waals surface area contributed by atoms with Crippen LogP contribution < -0.4 is 15.0 Å². The van der Waals surface area contributed by atoms with Gasteiger partial charge in [-0.25, -0.2) is 4.79 Å². The third-order valence-electron chi connectivity index (χ3n) is 6.63. The summed E-state index contributed by atoms with van der Waals surface area (Å²) in [6.07, 6.45) is 8.51. The molecular formula is C26H38Cl2N4O5. The molecule has 1 saturated heterocycles. The first kappa shape index (κ1) is 32.3. The van der Waals surface area contributed by atoms with Crippen molar-refractivity contribution in [2.24, 2.45) is 0 Å². The standard InChI is InChI=1S/C25H34N4O2.CH2O3.2ClH/c1-31-23-9-7-20(8-10-23)19-24(25(30)27-21-5-3-2-4-6-21)29-17-15-28(16-18-29)22-11-13-26-14-12-22;2-1(3)4;;/h7-14,21,24H,2-6,15-19H2,1H3,(H,27,30);(H2,2,3,4);2*1H/t24-;;;/m0.../s1. The fourth-order valence-corrected chi connectivity index (χ4v) is 4.76. The summed E-state index contributed by atoms with van der Waals surface area (Å²) in [5.74, 6) is 1.03. The molecule has 206 valence electrons. The molecule has 1 atom stereocenters. The van der Waals surface area contributed by atoms with Gasteiger partial charge in [0.15, 0.2) is 0 Å². The molecule has 1 aromatic heterocycles. The van der Waals surface area contributed by atoms with Gasteiger partial charge in [-0.3, -0.25) is 14.7 Å². The van der Waals surface area contributed by atoms with Crippen LogP contribution in [0.2, 0.25) is 0 Å². The van der Waals surface area contributed by atoms with E-state index in [9.17, 15) is 4.79 Å². The quantitative estimate of drug-likeness (QED) is 0.461. The minimum atomic E-state index is -1.83. The van der Waals surface area contributed by atoms with E-state index in [0.29, 0.717) is 6.04 Å². The highest BCUT2D eigenvalue weighted by Gasteiger charge is 2.31. The van der Waals surface area contributed by atoms with E-state index in [2.05, 4.69) is 44.4 Å². The van der Waals surface area contributed by atoms with E-state index in [-0.39, 0.29) is 36.8 Å². The Labute approximate surface area is 231 Å². The number of hydrogen-bond acceptors (Lipinski definition) is 6. The number of anilines is 1. The van der Waals surface area contributed by atoms with Crippen LogP contribution >= 0.6 is 24.8 Å². The maximum atomic E-state index is 13.4. The van der Waals surface area contributed by atoms with Crippen molar-refractivity contribution >= 4 is 42.6 Å². The lowest BCUT2D eigenvalue weighted by molar-refractivity contribution is -0.127. The fraction of sp³-hybridized carbons (Fsp3) is 0.500. The van der Waals surface area contributed by atoms with Crippen molar-refractivity contribution in [1.82, 2.24) is 15.2 Å². The molecule has 11 heteroatoms. The number of piperazine rings is 1. The summed E-state index contributed by atoms with van der Waals surface area (Å²) in [6, 6.07) is 12.4. The van der Waals surface area contributed by atoms with Crippen molar-refractivity contribution < 1.29 is 24.5 Å². The molecule has 0 radical (unpaired) electrons. The van der Waals surface area contributed by atoms with E-state index in [1.807, 2.05) is 24.5 Å². The highest BCUT2D eigenvalue weighted by Crippen LogP contribution is 2.21. The summed E-state index contributed by atoms with van der Waals surface area (Å²) in [6.45, 7) is 3.59. The van der Waals surface area contributed by atoms with Gasteiger partial charge in [0, 0.05) is 50.3 Å².